The molecule has 0 radical (unpaired) electrons. The summed E-state index contributed by atoms with van der Waals surface area (Å²) in [5.41, 5.74) is 5.84. The van der Waals surface area contributed by atoms with Gasteiger partial charge in [0.25, 0.3) is 0 Å². The van der Waals surface area contributed by atoms with Crippen molar-refractivity contribution in [3.63, 3.8) is 0 Å². The van der Waals surface area contributed by atoms with E-state index in [9.17, 15) is 0 Å². The van der Waals surface area contributed by atoms with Crippen molar-refractivity contribution in [3.05, 3.63) is 53.1 Å². The maximum Gasteiger partial charge on any atom is 0.115 e. The van der Waals surface area contributed by atoms with Crippen LogP contribution in [0, 0.1) is 20.8 Å². The molecule has 0 unspecified atom stereocenters. The van der Waals surface area contributed by atoms with Gasteiger partial charge in [0.1, 0.15) is 11.3 Å². The molecular weight excluding hydrogens is 340 g/mol. The molecule has 4 nitrogen and oxygen atoms in total. The Balaban J connectivity index is 2.01. The van der Waals surface area contributed by atoms with Crippen LogP contribution in [0.25, 0.3) is 0 Å². The number of thiocarbonyl (C=S) groups is 1. The highest BCUT2D eigenvalue weighted by Gasteiger charge is 2.12. The van der Waals surface area contributed by atoms with Crippen LogP contribution in [0.2, 0.25) is 0 Å². The number of nitrogens with zero attached hydrogens (tertiary/aromatic N) is 3. The molecule has 0 atom stereocenters. The van der Waals surface area contributed by atoms with Crippen molar-refractivity contribution in [1.82, 2.24) is 14.9 Å². The van der Waals surface area contributed by atoms with Gasteiger partial charge in [0.15, 0.2) is 0 Å². The lowest BCUT2D eigenvalue weighted by Gasteiger charge is -2.25. The maximum atomic E-state index is 5.94. The predicted octanol–water partition coefficient (Wildman–Crippen LogP) is 3.73. The Bertz CT molecular complexity index is 668. The van der Waals surface area contributed by atoms with E-state index in [-0.39, 0.29) is 0 Å². The van der Waals surface area contributed by atoms with Gasteiger partial charge >= 0.3 is 0 Å². The van der Waals surface area contributed by atoms with E-state index in [0.29, 0.717) is 12.4 Å². The number of hydrogen-bond acceptors (Lipinski definition) is 4. The number of alkyl halides is 1. The number of hydrogen-bond donors (Lipinski definition) is 1. The molecule has 0 bridgehead atoms. The Labute approximate surface area is 154 Å². The van der Waals surface area contributed by atoms with Gasteiger partial charge in [-0.3, -0.25) is 0 Å². The van der Waals surface area contributed by atoms with Crippen LogP contribution in [0.4, 0.5) is 5.69 Å². The van der Waals surface area contributed by atoms with Crippen LogP contribution in [0.5, 0.6) is 0 Å². The predicted molar refractivity (Wildman–Crippen MR) is 105 cm³/mol. The molecule has 0 saturated heterocycles. The lowest BCUT2D eigenvalue weighted by molar-refractivity contribution is 0.467. The Morgan fingerprint density at radius 3 is 2.33 bits per heavy atom. The van der Waals surface area contributed by atoms with Gasteiger partial charge in [-0.1, -0.05) is 29.9 Å². The molecule has 6 heteroatoms. The molecule has 0 aliphatic rings. The molecule has 1 aromatic heterocycles. The fourth-order valence-electron chi connectivity index (χ4n) is 2.78. The SMILES string of the molecule is Cc1cc(C)c(NCCN(CCCl)C(=S)c2cncnc2)c(C)c1. The third kappa shape index (κ3) is 4.89. The van der Waals surface area contributed by atoms with E-state index in [2.05, 4.69) is 53.1 Å². The minimum absolute atomic E-state index is 0.524. The topological polar surface area (TPSA) is 41.0 Å². The third-order valence-electron chi connectivity index (χ3n) is 3.81. The van der Waals surface area contributed by atoms with Gasteiger partial charge in [0, 0.05) is 49.2 Å². The largest absolute Gasteiger partial charge is 0.383 e. The summed E-state index contributed by atoms with van der Waals surface area (Å²) in [5.74, 6) is 0.524. The Kier molecular flexibility index (Phi) is 6.94. The zero-order chi connectivity index (χ0) is 17.5. The van der Waals surface area contributed by atoms with Gasteiger partial charge < -0.3 is 10.2 Å². The average Bonchev–Trinajstić information content (AvgIpc) is 2.56. The summed E-state index contributed by atoms with van der Waals surface area (Å²) in [6.45, 7) is 8.63. The van der Waals surface area contributed by atoms with Crippen molar-refractivity contribution in [2.45, 2.75) is 20.8 Å². The first kappa shape index (κ1) is 18.6. The molecule has 1 N–H and O–H groups in total. The lowest BCUT2D eigenvalue weighted by atomic mass is 10.1. The molecular formula is C18H23ClN4S. The van der Waals surface area contributed by atoms with Crippen molar-refractivity contribution in [2.75, 3.05) is 30.8 Å². The molecule has 0 spiro atoms. The highest BCUT2D eigenvalue weighted by atomic mass is 35.5. The first-order valence-electron chi connectivity index (χ1n) is 7.95. The first-order chi connectivity index (χ1) is 11.5. The van der Waals surface area contributed by atoms with Crippen molar-refractivity contribution in [1.29, 1.82) is 0 Å². The summed E-state index contributed by atoms with van der Waals surface area (Å²) in [6.07, 6.45) is 4.97. The Hall–Kier alpha value is -1.72. The second kappa shape index (κ2) is 8.94. The third-order valence-corrected chi connectivity index (χ3v) is 4.47. The molecule has 24 heavy (non-hydrogen) atoms. The molecule has 128 valence electrons. The zero-order valence-electron chi connectivity index (χ0n) is 14.3. The number of rotatable bonds is 7. The fraction of sp³-hybridized carbons (Fsp3) is 0.389. The molecule has 2 aromatic rings. The van der Waals surface area contributed by atoms with Gasteiger partial charge in [-0.2, -0.15) is 0 Å². The van der Waals surface area contributed by atoms with E-state index < -0.39 is 0 Å². The number of halogens is 1. The fourth-order valence-corrected chi connectivity index (χ4v) is 3.28. The summed E-state index contributed by atoms with van der Waals surface area (Å²) in [4.78, 5) is 10.9. The number of benzene rings is 1. The second-order valence-corrected chi connectivity index (χ2v) is 6.57. The Morgan fingerprint density at radius 2 is 1.75 bits per heavy atom. The van der Waals surface area contributed by atoms with Crippen molar-refractivity contribution >= 4 is 34.5 Å². The molecule has 0 saturated carbocycles. The zero-order valence-corrected chi connectivity index (χ0v) is 15.9. The summed E-state index contributed by atoms with van der Waals surface area (Å²) in [6, 6.07) is 4.38. The second-order valence-electron chi connectivity index (χ2n) is 5.81. The minimum Gasteiger partial charge on any atom is -0.383 e. The van der Waals surface area contributed by atoms with Crippen LogP contribution in [0.3, 0.4) is 0 Å². The van der Waals surface area contributed by atoms with Gasteiger partial charge in [0.05, 0.1) is 0 Å². The first-order valence-corrected chi connectivity index (χ1v) is 8.89. The summed E-state index contributed by atoms with van der Waals surface area (Å²) in [5, 5.41) is 3.53. The number of aryl methyl sites for hydroxylation is 3. The lowest BCUT2D eigenvalue weighted by Crippen LogP contribution is -2.36. The standard InChI is InChI=1S/C18H23ClN4S/c1-13-8-14(2)17(15(3)9-13)22-5-7-23(6-4-19)18(24)16-10-20-12-21-11-16/h8-12,22H,4-7H2,1-3H3. The molecule has 1 heterocycles. The van der Waals surface area contributed by atoms with Crippen LogP contribution in [0.1, 0.15) is 22.3 Å². The van der Waals surface area contributed by atoms with Crippen molar-refractivity contribution in [2.24, 2.45) is 0 Å². The van der Waals surface area contributed by atoms with E-state index in [4.69, 9.17) is 23.8 Å². The Morgan fingerprint density at radius 1 is 1.12 bits per heavy atom. The van der Waals surface area contributed by atoms with Crippen molar-refractivity contribution in [3.8, 4) is 0 Å². The monoisotopic (exact) mass is 362 g/mol. The maximum absolute atomic E-state index is 5.94. The van der Waals surface area contributed by atoms with Gasteiger partial charge in [-0.15, -0.1) is 11.6 Å². The van der Waals surface area contributed by atoms with Crippen molar-refractivity contribution < 1.29 is 0 Å². The average molecular weight is 363 g/mol. The van der Waals surface area contributed by atoms with E-state index in [1.54, 1.807) is 12.4 Å². The molecule has 0 amide bonds. The normalized spacial score (nSPS) is 10.5. The molecule has 1 aromatic carbocycles. The smallest absolute Gasteiger partial charge is 0.115 e. The minimum atomic E-state index is 0.524. The quantitative estimate of drug-likeness (QED) is 0.600. The molecule has 2 rings (SSSR count). The van der Waals surface area contributed by atoms with E-state index in [1.807, 2.05) is 0 Å². The molecule has 0 aliphatic heterocycles. The molecule has 0 fully saturated rings. The summed E-state index contributed by atoms with van der Waals surface area (Å²) < 4.78 is 0. The number of nitrogens with one attached hydrogen (secondary N) is 1. The van der Waals surface area contributed by atoms with E-state index in [0.717, 1.165) is 23.6 Å². The van der Waals surface area contributed by atoms with Gasteiger partial charge in [0.2, 0.25) is 0 Å². The molecule has 0 aliphatic carbocycles. The summed E-state index contributed by atoms with van der Waals surface area (Å²) >= 11 is 11.5. The van der Waals surface area contributed by atoms with Gasteiger partial charge in [-0.05, 0) is 31.9 Å². The summed E-state index contributed by atoms with van der Waals surface area (Å²) in [7, 11) is 0. The van der Waals surface area contributed by atoms with Crippen LogP contribution in [-0.2, 0) is 0 Å². The number of aromatic nitrogens is 2. The highest BCUT2D eigenvalue weighted by Crippen LogP contribution is 2.21. The van der Waals surface area contributed by atoms with Crippen LogP contribution in [-0.4, -0.2) is 45.4 Å². The van der Waals surface area contributed by atoms with Gasteiger partial charge in [-0.25, -0.2) is 9.97 Å². The van der Waals surface area contributed by atoms with E-state index in [1.165, 1.54) is 28.7 Å². The van der Waals surface area contributed by atoms with Crippen LogP contribution < -0.4 is 5.32 Å². The van der Waals surface area contributed by atoms with E-state index >= 15 is 0 Å². The number of anilines is 1. The highest BCUT2D eigenvalue weighted by molar-refractivity contribution is 7.80. The van der Waals surface area contributed by atoms with Crippen LogP contribution >= 0.6 is 23.8 Å². The van der Waals surface area contributed by atoms with Crippen LogP contribution in [0.15, 0.2) is 30.9 Å².